The van der Waals surface area contributed by atoms with Crippen LogP contribution >= 0.6 is 27.3 Å². The third kappa shape index (κ3) is 3.78. The van der Waals surface area contributed by atoms with Gasteiger partial charge in [-0.2, -0.15) is 0 Å². The number of benzene rings is 1. The highest BCUT2D eigenvalue weighted by atomic mass is 79.9. The lowest BCUT2D eigenvalue weighted by atomic mass is 10.0. The van der Waals surface area contributed by atoms with Crippen molar-refractivity contribution in [1.82, 2.24) is 0 Å². The molecule has 0 spiro atoms. The van der Waals surface area contributed by atoms with E-state index in [1.807, 2.05) is 6.07 Å². The molecule has 0 radical (unpaired) electrons. The second-order valence-corrected chi connectivity index (χ2v) is 6.82. The van der Waals surface area contributed by atoms with Crippen LogP contribution < -0.4 is 5.73 Å². The lowest BCUT2D eigenvalue weighted by Crippen LogP contribution is -2.07. The van der Waals surface area contributed by atoms with Gasteiger partial charge in [0.15, 0.2) is 0 Å². The molecule has 0 fully saturated rings. The van der Waals surface area contributed by atoms with Crippen LogP contribution in [0.15, 0.2) is 46.4 Å². The summed E-state index contributed by atoms with van der Waals surface area (Å²) in [6, 6.07) is 12.7. The van der Waals surface area contributed by atoms with Crippen LogP contribution in [-0.4, -0.2) is 6.54 Å². The topological polar surface area (TPSA) is 26.0 Å². The van der Waals surface area contributed by atoms with E-state index in [-0.39, 0.29) is 0 Å². The number of halogens is 1. The van der Waals surface area contributed by atoms with Crippen molar-refractivity contribution in [2.75, 3.05) is 6.54 Å². The Hall–Kier alpha value is -0.900. The van der Waals surface area contributed by atoms with Crippen LogP contribution in [0.25, 0.3) is 16.5 Å². The monoisotopic (exact) mass is 335 g/mol. The van der Waals surface area contributed by atoms with Gasteiger partial charge in [0.05, 0.1) is 0 Å². The smallest absolute Gasteiger partial charge is 0.0349 e. The minimum absolute atomic E-state index is 0.501. The molecule has 0 aliphatic rings. The number of rotatable bonds is 4. The second kappa shape index (κ2) is 6.51. The summed E-state index contributed by atoms with van der Waals surface area (Å²) in [6.07, 6.45) is 2.22. The molecule has 0 amide bonds. The number of thiophene rings is 1. The van der Waals surface area contributed by atoms with Crippen molar-refractivity contribution in [3.8, 4) is 10.4 Å². The first-order valence-electron chi connectivity index (χ1n) is 6.36. The fraction of sp³-hybridized carbons (Fsp3) is 0.250. The molecule has 1 aromatic heterocycles. The Morgan fingerprint density at radius 3 is 2.74 bits per heavy atom. The zero-order valence-electron chi connectivity index (χ0n) is 11.2. The van der Waals surface area contributed by atoms with Gasteiger partial charge in [0.25, 0.3) is 0 Å². The summed E-state index contributed by atoms with van der Waals surface area (Å²) in [6.45, 7) is 4.99. The van der Waals surface area contributed by atoms with Gasteiger partial charge in [-0.05, 0) is 41.8 Å². The number of hydrogen-bond donors (Lipinski definition) is 1. The Kier molecular flexibility index (Phi) is 4.97. The van der Waals surface area contributed by atoms with Gasteiger partial charge in [-0.15, -0.1) is 11.3 Å². The lowest BCUT2D eigenvalue weighted by molar-refractivity contribution is 0.753. The van der Waals surface area contributed by atoms with Crippen LogP contribution in [0, 0.1) is 5.92 Å². The highest BCUT2D eigenvalue weighted by Crippen LogP contribution is 2.31. The van der Waals surface area contributed by atoms with Gasteiger partial charge in [-0.25, -0.2) is 0 Å². The van der Waals surface area contributed by atoms with Crippen molar-refractivity contribution in [2.24, 2.45) is 11.7 Å². The zero-order chi connectivity index (χ0) is 13.8. The van der Waals surface area contributed by atoms with Crippen LogP contribution in [0.1, 0.15) is 18.7 Å². The van der Waals surface area contributed by atoms with E-state index in [0.717, 1.165) is 4.47 Å². The van der Waals surface area contributed by atoms with Crippen molar-refractivity contribution >= 4 is 33.3 Å². The highest BCUT2D eigenvalue weighted by molar-refractivity contribution is 9.10. The van der Waals surface area contributed by atoms with E-state index in [0.29, 0.717) is 12.5 Å². The summed E-state index contributed by atoms with van der Waals surface area (Å²) in [5, 5.41) is 0. The van der Waals surface area contributed by atoms with Crippen LogP contribution in [0.4, 0.5) is 0 Å². The van der Waals surface area contributed by atoms with E-state index >= 15 is 0 Å². The van der Waals surface area contributed by atoms with Gasteiger partial charge in [0.2, 0.25) is 0 Å². The SMILES string of the molecule is CC(C)C(=Cc1ccc(-c2cccc(Br)c2)s1)CN. The Balaban J connectivity index is 2.29. The quantitative estimate of drug-likeness (QED) is 0.818. The second-order valence-electron chi connectivity index (χ2n) is 4.79. The van der Waals surface area contributed by atoms with Crippen molar-refractivity contribution < 1.29 is 0 Å². The molecule has 1 aromatic carbocycles. The maximum atomic E-state index is 5.79. The number of nitrogens with two attached hydrogens (primary N) is 1. The predicted molar refractivity (Wildman–Crippen MR) is 89.3 cm³/mol. The van der Waals surface area contributed by atoms with Crippen molar-refractivity contribution in [1.29, 1.82) is 0 Å². The third-order valence-corrected chi connectivity index (χ3v) is 4.62. The minimum atomic E-state index is 0.501. The third-order valence-electron chi connectivity index (χ3n) is 3.04. The summed E-state index contributed by atoms with van der Waals surface area (Å²) in [5.41, 5.74) is 8.33. The van der Waals surface area contributed by atoms with E-state index in [2.05, 4.69) is 66.2 Å². The molecule has 0 saturated heterocycles. The Morgan fingerprint density at radius 1 is 1.32 bits per heavy atom. The molecular formula is C16H18BrNS. The molecule has 2 N–H and O–H groups in total. The standard InChI is InChI=1S/C16H18BrNS/c1-11(2)13(10-18)9-15-6-7-16(19-15)12-4-3-5-14(17)8-12/h3-9,11H,10,18H2,1-2H3. The van der Waals surface area contributed by atoms with E-state index in [4.69, 9.17) is 5.73 Å². The molecule has 0 saturated carbocycles. The molecule has 0 aliphatic carbocycles. The van der Waals surface area contributed by atoms with Crippen LogP contribution in [-0.2, 0) is 0 Å². The lowest BCUT2D eigenvalue weighted by Gasteiger charge is -2.07. The van der Waals surface area contributed by atoms with Crippen LogP contribution in [0.5, 0.6) is 0 Å². The molecule has 100 valence electrons. The van der Waals surface area contributed by atoms with Gasteiger partial charge >= 0.3 is 0 Å². The van der Waals surface area contributed by atoms with Crippen molar-refractivity contribution in [3.63, 3.8) is 0 Å². The first-order valence-corrected chi connectivity index (χ1v) is 7.97. The minimum Gasteiger partial charge on any atom is -0.327 e. The molecule has 0 bridgehead atoms. The molecular weight excluding hydrogens is 318 g/mol. The molecule has 0 unspecified atom stereocenters. The summed E-state index contributed by atoms with van der Waals surface area (Å²) in [4.78, 5) is 2.55. The van der Waals surface area contributed by atoms with E-state index < -0.39 is 0 Å². The molecule has 2 rings (SSSR count). The first-order chi connectivity index (χ1) is 9.10. The highest BCUT2D eigenvalue weighted by Gasteiger charge is 2.05. The average Bonchev–Trinajstić information content (AvgIpc) is 2.84. The Labute approximate surface area is 127 Å². The molecule has 1 nitrogen and oxygen atoms in total. The van der Waals surface area contributed by atoms with E-state index in [1.54, 1.807) is 11.3 Å². The van der Waals surface area contributed by atoms with Crippen molar-refractivity contribution in [3.05, 3.63) is 51.3 Å². The van der Waals surface area contributed by atoms with E-state index in [1.165, 1.54) is 20.9 Å². The van der Waals surface area contributed by atoms with E-state index in [9.17, 15) is 0 Å². The Morgan fingerprint density at radius 2 is 2.11 bits per heavy atom. The van der Waals surface area contributed by atoms with Gasteiger partial charge < -0.3 is 5.73 Å². The molecule has 19 heavy (non-hydrogen) atoms. The molecule has 0 atom stereocenters. The Bertz CT molecular complexity index is 584. The molecule has 0 aliphatic heterocycles. The van der Waals surface area contributed by atoms with Crippen molar-refractivity contribution in [2.45, 2.75) is 13.8 Å². The first kappa shape index (κ1) is 14.5. The fourth-order valence-corrected chi connectivity index (χ4v) is 3.25. The number of hydrogen-bond acceptors (Lipinski definition) is 2. The average molecular weight is 336 g/mol. The maximum absolute atomic E-state index is 5.79. The maximum Gasteiger partial charge on any atom is 0.0349 e. The normalized spacial score (nSPS) is 12.2. The summed E-state index contributed by atoms with van der Waals surface area (Å²) < 4.78 is 1.11. The van der Waals surface area contributed by atoms with Gasteiger partial charge in [0, 0.05) is 20.8 Å². The summed E-state index contributed by atoms with van der Waals surface area (Å²) in [5.74, 6) is 0.501. The van der Waals surface area contributed by atoms with Gasteiger partial charge in [-0.3, -0.25) is 0 Å². The van der Waals surface area contributed by atoms with Gasteiger partial charge in [0.1, 0.15) is 0 Å². The molecule has 2 aromatic rings. The fourth-order valence-electron chi connectivity index (χ4n) is 1.87. The summed E-state index contributed by atoms with van der Waals surface area (Å²) in [7, 11) is 0. The summed E-state index contributed by atoms with van der Waals surface area (Å²) >= 11 is 5.32. The molecule has 3 heteroatoms. The zero-order valence-corrected chi connectivity index (χ0v) is 13.6. The largest absolute Gasteiger partial charge is 0.327 e. The predicted octanol–water partition coefficient (Wildman–Crippen LogP) is 5.18. The molecule has 1 heterocycles. The van der Waals surface area contributed by atoms with Crippen LogP contribution in [0.2, 0.25) is 0 Å². The van der Waals surface area contributed by atoms with Crippen LogP contribution in [0.3, 0.4) is 0 Å². The van der Waals surface area contributed by atoms with Gasteiger partial charge in [-0.1, -0.05) is 47.5 Å².